The van der Waals surface area contributed by atoms with Gasteiger partial charge >= 0.3 is 0 Å². The second-order valence-electron chi connectivity index (χ2n) is 2.78. The van der Waals surface area contributed by atoms with Gasteiger partial charge in [0.25, 0.3) is 0 Å². The van der Waals surface area contributed by atoms with Gasteiger partial charge in [0.2, 0.25) is 0 Å². The second-order valence-corrected chi connectivity index (χ2v) is 4.04. The molecule has 0 aliphatic heterocycles. The molecule has 0 atom stereocenters. The maximum atomic E-state index is 2.15. The summed E-state index contributed by atoms with van der Waals surface area (Å²) >= 11 is 0. The monoisotopic (exact) mass is 313 g/mol. The normalized spacial score (nSPS) is 9.14. The van der Waals surface area contributed by atoms with Crippen molar-refractivity contribution in [1.29, 1.82) is 0 Å². The quantitative estimate of drug-likeness (QED) is 0.590. The molecular formula is C12H11IP. The van der Waals surface area contributed by atoms with Gasteiger partial charge in [0.15, 0.2) is 0 Å². The molecule has 0 aliphatic rings. The van der Waals surface area contributed by atoms with E-state index in [2.05, 4.69) is 48.5 Å². The van der Waals surface area contributed by atoms with Crippen molar-refractivity contribution < 1.29 is 0 Å². The van der Waals surface area contributed by atoms with Crippen molar-refractivity contribution in [2.24, 2.45) is 0 Å². The van der Waals surface area contributed by atoms with Crippen LogP contribution < -0.4 is 10.6 Å². The zero-order valence-corrected chi connectivity index (χ0v) is 10.9. The molecule has 0 nitrogen and oxygen atoms in total. The van der Waals surface area contributed by atoms with Gasteiger partial charge in [-0.2, -0.15) is 0 Å². The fourth-order valence-corrected chi connectivity index (χ4v) is 2.09. The summed E-state index contributed by atoms with van der Waals surface area (Å²) < 4.78 is 0. The third kappa shape index (κ3) is 3.39. The fourth-order valence-electron chi connectivity index (χ4n) is 1.15. The Bertz CT molecular complexity index is 321. The van der Waals surface area contributed by atoms with E-state index >= 15 is 0 Å². The molecule has 0 fully saturated rings. The zero-order valence-electron chi connectivity index (χ0n) is 7.63. The number of benzene rings is 2. The maximum absolute atomic E-state index is 2.15. The zero-order chi connectivity index (χ0) is 8.93. The van der Waals surface area contributed by atoms with Gasteiger partial charge in [0.1, 0.15) is 0 Å². The van der Waals surface area contributed by atoms with Crippen LogP contribution in [0.15, 0.2) is 60.7 Å². The van der Waals surface area contributed by atoms with E-state index in [-0.39, 0.29) is 24.0 Å². The Morgan fingerprint density at radius 2 is 0.929 bits per heavy atom. The SMILES string of the molecule is I.c1ccc([P]c2ccccc2)cc1. The van der Waals surface area contributed by atoms with Gasteiger partial charge < -0.3 is 0 Å². The van der Waals surface area contributed by atoms with Gasteiger partial charge in [0, 0.05) is 0 Å². The van der Waals surface area contributed by atoms with Crippen LogP contribution in [0.2, 0.25) is 0 Å². The first-order chi connectivity index (χ1) is 6.45. The van der Waals surface area contributed by atoms with Crippen molar-refractivity contribution in [3.8, 4) is 0 Å². The van der Waals surface area contributed by atoms with Crippen molar-refractivity contribution in [3.63, 3.8) is 0 Å². The fraction of sp³-hybridized carbons (Fsp3) is 0. The van der Waals surface area contributed by atoms with Crippen molar-refractivity contribution in [3.05, 3.63) is 60.7 Å². The van der Waals surface area contributed by atoms with E-state index in [0.717, 1.165) is 0 Å². The predicted molar refractivity (Wildman–Crippen MR) is 74.5 cm³/mol. The lowest BCUT2D eigenvalue weighted by atomic mass is 10.4. The van der Waals surface area contributed by atoms with Gasteiger partial charge in [-0.1, -0.05) is 60.7 Å². The van der Waals surface area contributed by atoms with Crippen LogP contribution in [0.4, 0.5) is 0 Å². The third-order valence-corrected chi connectivity index (χ3v) is 2.88. The van der Waals surface area contributed by atoms with Gasteiger partial charge in [-0.15, -0.1) is 24.0 Å². The molecular weight excluding hydrogens is 302 g/mol. The molecule has 2 aromatic rings. The van der Waals surface area contributed by atoms with E-state index in [4.69, 9.17) is 0 Å². The van der Waals surface area contributed by atoms with E-state index in [9.17, 15) is 0 Å². The topological polar surface area (TPSA) is 0 Å². The van der Waals surface area contributed by atoms with Gasteiger partial charge in [-0.3, -0.25) is 0 Å². The average molecular weight is 313 g/mol. The summed E-state index contributed by atoms with van der Waals surface area (Å²) in [7, 11) is 1.28. The lowest BCUT2D eigenvalue weighted by Gasteiger charge is -1.98. The summed E-state index contributed by atoms with van der Waals surface area (Å²) in [6.45, 7) is 0. The summed E-state index contributed by atoms with van der Waals surface area (Å²) in [6.07, 6.45) is 0. The highest BCUT2D eigenvalue weighted by atomic mass is 127. The minimum Gasteiger partial charge on any atom is -0.107 e. The molecule has 0 saturated heterocycles. The van der Waals surface area contributed by atoms with E-state index < -0.39 is 0 Å². The Balaban J connectivity index is 0.000000980. The standard InChI is InChI=1S/C12H10P.HI/c1-3-7-11(8-4-1)13-12-9-5-2-6-10-12;/h1-10H;1H. The molecule has 0 heterocycles. The van der Waals surface area contributed by atoms with Crippen LogP contribution in [0.3, 0.4) is 0 Å². The Hall–Kier alpha value is -0.400. The van der Waals surface area contributed by atoms with Gasteiger partial charge in [-0.05, 0) is 19.2 Å². The highest BCUT2D eigenvalue weighted by Gasteiger charge is 1.93. The molecule has 2 aromatic carbocycles. The average Bonchev–Trinajstić information content (AvgIpc) is 2.21. The molecule has 0 spiro atoms. The first-order valence-corrected chi connectivity index (χ1v) is 5.16. The smallest absolute Gasteiger partial charge is 0.0100 e. The van der Waals surface area contributed by atoms with Crippen molar-refractivity contribution in [2.75, 3.05) is 0 Å². The Kier molecular flexibility index (Phi) is 5.13. The number of hydrogen-bond donors (Lipinski definition) is 0. The minimum atomic E-state index is 0. The van der Waals surface area contributed by atoms with Crippen LogP contribution in [-0.2, 0) is 0 Å². The van der Waals surface area contributed by atoms with Gasteiger partial charge in [-0.25, -0.2) is 0 Å². The van der Waals surface area contributed by atoms with E-state index in [1.54, 1.807) is 0 Å². The van der Waals surface area contributed by atoms with E-state index in [0.29, 0.717) is 0 Å². The number of halogens is 1. The third-order valence-electron chi connectivity index (χ3n) is 1.77. The first-order valence-electron chi connectivity index (χ1n) is 4.27. The second kappa shape index (κ2) is 6.15. The highest BCUT2D eigenvalue weighted by Crippen LogP contribution is 2.08. The van der Waals surface area contributed by atoms with Crippen molar-refractivity contribution in [2.45, 2.75) is 0 Å². The largest absolute Gasteiger partial charge is 0.107 e. The molecule has 0 N–H and O–H groups in total. The van der Waals surface area contributed by atoms with Crippen LogP contribution in [0, 0.1) is 0 Å². The van der Waals surface area contributed by atoms with Crippen LogP contribution in [-0.4, -0.2) is 0 Å². The van der Waals surface area contributed by atoms with Crippen LogP contribution in [0.1, 0.15) is 0 Å². The molecule has 1 radical (unpaired) electrons. The van der Waals surface area contributed by atoms with Crippen LogP contribution >= 0.6 is 32.6 Å². The lowest BCUT2D eigenvalue weighted by Crippen LogP contribution is -2.01. The Morgan fingerprint density at radius 3 is 1.29 bits per heavy atom. The molecule has 0 bridgehead atoms. The van der Waals surface area contributed by atoms with Gasteiger partial charge in [0.05, 0.1) is 0 Å². The molecule has 0 unspecified atom stereocenters. The molecule has 71 valence electrons. The molecule has 2 rings (SSSR count). The molecule has 0 saturated carbocycles. The molecule has 0 aromatic heterocycles. The minimum absolute atomic E-state index is 0. The van der Waals surface area contributed by atoms with E-state index in [1.807, 2.05) is 12.1 Å². The summed E-state index contributed by atoms with van der Waals surface area (Å²) in [5.41, 5.74) is 0. The number of rotatable bonds is 2. The van der Waals surface area contributed by atoms with Crippen molar-refractivity contribution in [1.82, 2.24) is 0 Å². The van der Waals surface area contributed by atoms with Crippen LogP contribution in [0.5, 0.6) is 0 Å². The van der Waals surface area contributed by atoms with Crippen molar-refractivity contribution >= 4 is 43.2 Å². The lowest BCUT2D eigenvalue weighted by molar-refractivity contribution is 1.76. The van der Waals surface area contributed by atoms with Crippen LogP contribution in [0.25, 0.3) is 0 Å². The number of hydrogen-bond acceptors (Lipinski definition) is 0. The Labute approximate surface area is 104 Å². The molecule has 2 heteroatoms. The summed E-state index contributed by atoms with van der Waals surface area (Å²) in [6, 6.07) is 21.0. The summed E-state index contributed by atoms with van der Waals surface area (Å²) in [4.78, 5) is 0. The first kappa shape index (κ1) is 11.7. The molecule has 0 amide bonds. The summed E-state index contributed by atoms with van der Waals surface area (Å²) in [5.74, 6) is 0. The highest BCUT2D eigenvalue weighted by molar-refractivity contribution is 14.0. The maximum Gasteiger partial charge on any atom is -0.0100 e. The summed E-state index contributed by atoms with van der Waals surface area (Å²) in [5, 5.41) is 2.68. The molecule has 14 heavy (non-hydrogen) atoms. The predicted octanol–water partition coefficient (Wildman–Crippen LogP) is 3.20. The molecule has 0 aliphatic carbocycles. The Morgan fingerprint density at radius 1 is 0.571 bits per heavy atom. The van der Waals surface area contributed by atoms with E-state index in [1.165, 1.54) is 19.2 Å².